The van der Waals surface area contributed by atoms with Crippen molar-refractivity contribution in [2.24, 2.45) is 0 Å². The van der Waals surface area contributed by atoms with E-state index in [1.54, 1.807) is 12.1 Å². The van der Waals surface area contributed by atoms with Crippen LogP contribution in [-0.2, 0) is 10.0 Å². The summed E-state index contributed by atoms with van der Waals surface area (Å²) in [5.41, 5.74) is 0.964. The van der Waals surface area contributed by atoms with Crippen LogP contribution in [0.3, 0.4) is 0 Å². The third-order valence-electron chi connectivity index (χ3n) is 2.30. The van der Waals surface area contributed by atoms with Crippen LogP contribution in [0, 0.1) is 6.92 Å². The Morgan fingerprint density at radius 1 is 1.18 bits per heavy atom. The van der Waals surface area contributed by atoms with Gasteiger partial charge in [0.15, 0.2) is 6.29 Å². The average molecular weight is 250 g/mol. The molecule has 0 amide bonds. The first kappa shape index (κ1) is 11.5. The number of rotatable bonds is 3. The highest BCUT2D eigenvalue weighted by Crippen LogP contribution is 2.14. The van der Waals surface area contributed by atoms with Crippen molar-refractivity contribution in [1.29, 1.82) is 0 Å². The molecule has 1 aromatic carbocycles. The standard InChI is InChI=1S/C11H10N2O3S/c1-9-2-4-11(5-3-9)17(15,16)13-10(8-14)6-7-12-13/h2-8H,1H3. The number of carbonyl (C=O) groups excluding carboxylic acids is 1. The molecular weight excluding hydrogens is 240 g/mol. The molecule has 0 radical (unpaired) electrons. The van der Waals surface area contributed by atoms with Crippen molar-refractivity contribution in [1.82, 2.24) is 9.19 Å². The van der Waals surface area contributed by atoms with Crippen molar-refractivity contribution in [3.63, 3.8) is 0 Å². The predicted octanol–water partition coefficient (Wildman–Crippen LogP) is 1.24. The normalized spacial score (nSPS) is 11.4. The molecule has 0 aliphatic rings. The van der Waals surface area contributed by atoms with Gasteiger partial charge in [-0.1, -0.05) is 17.7 Å². The second-order valence-corrected chi connectivity index (χ2v) is 5.30. The first-order chi connectivity index (χ1) is 8.05. The van der Waals surface area contributed by atoms with Crippen LogP contribution in [0.1, 0.15) is 16.1 Å². The van der Waals surface area contributed by atoms with Gasteiger partial charge in [-0.2, -0.15) is 17.6 Å². The van der Waals surface area contributed by atoms with Gasteiger partial charge in [-0.05, 0) is 25.1 Å². The van der Waals surface area contributed by atoms with Crippen molar-refractivity contribution in [2.75, 3.05) is 0 Å². The van der Waals surface area contributed by atoms with E-state index in [-0.39, 0.29) is 10.6 Å². The summed E-state index contributed by atoms with van der Waals surface area (Å²) >= 11 is 0. The summed E-state index contributed by atoms with van der Waals surface area (Å²) in [5.74, 6) is 0. The van der Waals surface area contributed by atoms with Gasteiger partial charge < -0.3 is 0 Å². The summed E-state index contributed by atoms with van der Waals surface area (Å²) in [5, 5.41) is 3.65. The van der Waals surface area contributed by atoms with E-state index in [1.165, 1.54) is 24.4 Å². The molecule has 6 heteroatoms. The maximum atomic E-state index is 12.1. The lowest BCUT2D eigenvalue weighted by Gasteiger charge is -2.05. The van der Waals surface area contributed by atoms with Gasteiger partial charge in [0.05, 0.1) is 11.1 Å². The number of benzene rings is 1. The molecule has 0 fully saturated rings. The Morgan fingerprint density at radius 2 is 1.82 bits per heavy atom. The number of nitrogens with zero attached hydrogens (tertiary/aromatic N) is 2. The molecule has 0 N–H and O–H groups in total. The highest BCUT2D eigenvalue weighted by atomic mass is 32.2. The van der Waals surface area contributed by atoms with E-state index >= 15 is 0 Å². The number of aromatic nitrogens is 2. The third-order valence-corrected chi connectivity index (χ3v) is 3.93. The zero-order chi connectivity index (χ0) is 12.5. The first-order valence-corrected chi connectivity index (χ1v) is 6.31. The van der Waals surface area contributed by atoms with Crippen LogP contribution in [-0.4, -0.2) is 23.9 Å². The quantitative estimate of drug-likeness (QED) is 0.768. The van der Waals surface area contributed by atoms with E-state index in [0.717, 1.165) is 9.65 Å². The van der Waals surface area contributed by atoms with Gasteiger partial charge in [0.25, 0.3) is 10.0 Å². The minimum atomic E-state index is -3.78. The van der Waals surface area contributed by atoms with E-state index in [2.05, 4.69) is 5.10 Å². The molecule has 1 heterocycles. The zero-order valence-corrected chi connectivity index (χ0v) is 9.89. The van der Waals surface area contributed by atoms with E-state index < -0.39 is 10.0 Å². The van der Waals surface area contributed by atoms with Crippen molar-refractivity contribution < 1.29 is 13.2 Å². The number of aryl methyl sites for hydroxylation is 1. The summed E-state index contributed by atoms with van der Waals surface area (Å²) in [6, 6.07) is 7.70. The average Bonchev–Trinajstić information content (AvgIpc) is 2.78. The minimum absolute atomic E-state index is 0.00516. The molecule has 0 aliphatic heterocycles. The molecule has 0 saturated heterocycles. The van der Waals surface area contributed by atoms with Gasteiger partial charge in [-0.15, -0.1) is 0 Å². The van der Waals surface area contributed by atoms with Gasteiger partial charge in [0, 0.05) is 0 Å². The van der Waals surface area contributed by atoms with Crippen LogP contribution in [0.2, 0.25) is 0 Å². The van der Waals surface area contributed by atoms with Gasteiger partial charge in [-0.3, -0.25) is 4.79 Å². The van der Waals surface area contributed by atoms with Gasteiger partial charge in [0.2, 0.25) is 0 Å². The Kier molecular flexibility index (Phi) is 2.81. The molecule has 0 bridgehead atoms. The third kappa shape index (κ3) is 1.99. The highest BCUT2D eigenvalue weighted by molar-refractivity contribution is 7.89. The van der Waals surface area contributed by atoms with Crippen LogP contribution in [0.4, 0.5) is 0 Å². The topological polar surface area (TPSA) is 69.0 Å². The molecule has 0 saturated carbocycles. The van der Waals surface area contributed by atoms with Crippen LogP contribution < -0.4 is 0 Å². The Labute approximate surface area is 98.7 Å². The molecule has 2 aromatic rings. The molecule has 17 heavy (non-hydrogen) atoms. The highest BCUT2D eigenvalue weighted by Gasteiger charge is 2.20. The molecule has 88 valence electrons. The van der Waals surface area contributed by atoms with Crippen molar-refractivity contribution >= 4 is 16.3 Å². The maximum absolute atomic E-state index is 12.1. The first-order valence-electron chi connectivity index (χ1n) is 4.87. The lowest BCUT2D eigenvalue weighted by Crippen LogP contribution is -2.16. The fourth-order valence-corrected chi connectivity index (χ4v) is 2.64. The van der Waals surface area contributed by atoms with Crippen LogP contribution in [0.25, 0.3) is 0 Å². The molecule has 5 nitrogen and oxygen atoms in total. The van der Waals surface area contributed by atoms with Crippen molar-refractivity contribution in [3.05, 3.63) is 47.8 Å². The summed E-state index contributed by atoms with van der Waals surface area (Å²) in [6.45, 7) is 1.86. The van der Waals surface area contributed by atoms with Gasteiger partial charge >= 0.3 is 0 Å². The summed E-state index contributed by atoms with van der Waals surface area (Å²) in [7, 11) is -3.78. The summed E-state index contributed by atoms with van der Waals surface area (Å²) in [6.07, 6.45) is 1.73. The molecule has 2 rings (SSSR count). The Balaban J connectivity index is 2.57. The van der Waals surface area contributed by atoms with E-state index in [4.69, 9.17) is 0 Å². The van der Waals surface area contributed by atoms with Crippen LogP contribution >= 0.6 is 0 Å². The number of aldehydes is 1. The summed E-state index contributed by atoms with van der Waals surface area (Å²) < 4.78 is 25.0. The smallest absolute Gasteiger partial charge is 0.283 e. The molecule has 0 unspecified atom stereocenters. The Hall–Kier alpha value is -1.95. The number of hydrogen-bond donors (Lipinski definition) is 0. The number of hydrogen-bond acceptors (Lipinski definition) is 4. The van der Waals surface area contributed by atoms with E-state index in [0.29, 0.717) is 6.29 Å². The minimum Gasteiger partial charge on any atom is -0.296 e. The molecule has 0 atom stereocenters. The van der Waals surface area contributed by atoms with E-state index in [9.17, 15) is 13.2 Å². The van der Waals surface area contributed by atoms with Crippen molar-refractivity contribution in [3.8, 4) is 0 Å². The Bertz CT molecular complexity index is 642. The fraction of sp³-hybridized carbons (Fsp3) is 0.0909. The monoisotopic (exact) mass is 250 g/mol. The van der Waals surface area contributed by atoms with Gasteiger partial charge in [-0.25, -0.2) is 0 Å². The van der Waals surface area contributed by atoms with Crippen LogP contribution in [0.15, 0.2) is 41.4 Å². The SMILES string of the molecule is Cc1ccc(S(=O)(=O)n2nccc2C=O)cc1. The second-order valence-electron chi connectivity index (χ2n) is 3.53. The molecule has 0 aliphatic carbocycles. The molecule has 0 spiro atoms. The predicted molar refractivity (Wildman–Crippen MR) is 61.4 cm³/mol. The molecule has 1 aromatic heterocycles. The number of carbonyl (C=O) groups is 1. The van der Waals surface area contributed by atoms with E-state index in [1.807, 2.05) is 6.92 Å². The summed E-state index contributed by atoms with van der Waals surface area (Å²) in [4.78, 5) is 10.8. The Morgan fingerprint density at radius 3 is 2.41 bits per heavy atom. The largest absolute Gasteiger partial charge is 0.296 e. The fourth-order valence-electron chi connectivity index (χ4n) is 1.40. The van der Waals surface area contributed by atoms with Crippen molar-refractivity contribution in [2.45, 2.75) is 11.8 Å². The lowest BCUT2D eigenvalue weighted by atomic mass is 10.2. The van der Waals surface area contributed by atoms with Crippen LogP contribution in [0.5, 0.6) is 0 Å². The maximum Gasteiger partial charge on any atom is 0.283 e. The molecular formula is C11H10N2O3S. The second kappa shape index (κ2) is 4.14. The van der Waals surface area contributed by atoms with Gasteiger partial charge in [0.1, 0.15) is 5.69 Å². The lowest BCUT2D eigenvalue weighted by molar-refractivity contribution is 0.111. The zero-order valence-electron chi connectivity index (χ0n) is 9.07.